The van der Waals surface area contributed by atoms with Crippen molar-refractivity contribution in [3.8, 4) is 5.75 Å². The Bertz CT molecular complexity index is 740. The summed E-state index contributed by atoms with van der Waals surface area (Å²) in [6.45, 7) is 7.83. The van der Waals surface area contributed by atoms with Gasteiger partial charge in [-0.2, -0.15) is 0 Å². The van der Waals surface area contributed by atoms with Crippen LogP contribution in [0, 0.1) is 0 Å². The zero-order chi connectivity index (χ0) is 19.2. The first-order valence-electron chi connectivity index (χ1n) is 9.17. The van der Waals surface area contributed by atoms with Gasteiger partial charge in [0, 0.05) is 31.9 Å². The van der Waals surface area contributed by atoms with Crippen molar-refractivity contribution in [2.24, 2.45) is 0 Å². The van der Waals surface area contributed by atoms with Crippen LogP contribution in [0.2, 0.25) is 0 Å². The Hall–Kier alpha value is -2.68. The van der Waals surface area contributed by atoms with E-state index in [0.29, 0.717) is 12.4 Å². The molecular weight excluding hydrogens is 348 g/mol. The summed E-state index contributed by atoms with van der Waals surface area (Å²) in [7, 11) is 1.67. The molecule has 0 saturated carbocycles. The molecule has 1 saturated heterocycles. The molecule has 146 valence electrons. The van der Waals surface area contributed by atoms with Gasteiger partial charge in [0.05, 0.1) is 19.8 Å². The number of anilines is 1. The van der Waals surface area contributed by atoms with Gasteiger partial charge < -0.3 is 14.4 Å². The van der Waals surface area contributed by atoms with E-state index in [9.17, 15) is 4.79 Å². The second-order valence-corrected chi connectivity index (χ2v) is 6.40. The maximum Gasteiger partial charge on any atom is 0.327 e. The number of methoxy groups -OCH3 is 1. The molecule has 1 aromatic heterocycles. The van der Waals surface area contributed by atoms with E-state index in [1.54, 1.807) is 14.0 Å². The normalized spacial score (nSPS) is 16.2. The zero-order valence-corrected chi connectivity index (χ0v) is 16.0. The summed E-state index contributed by atoms with van der Waals surface area (Å²) in [4.78, 5) is 16.4. The Morgan fingerprint density at radius 1 is 1.19 bits per heavy atom. The van der Waals surface area contributed by atoms with Crippen molar-refractivity contribution < 1.29 is 14.3 Å². The molecule has 1 aliphatic heterocycles. The number of nitrogens with zero attached hydrogens (tertiary/aromatic N) is 6. The first-order chi connectivity index (χ1) is 13.1. The Kier molecular flexibility index (Phi) is 6.23. The summed E-state index contributed by atoms with van der Waals surface area (Å²) in [6, 6.07) is 8.14. The standard InChI is InChI=1S/C18H26N6O3/c1-4-27-17(25)13-24-18(19-20-21-24)14(2)22-9-11-23(12-10-22)15-5-7-16(26-3)8-6-15/h5-8,14H,4,9-13H2,1-3H3/t14-/m1/s1. The second-order valence-electron chi connectivity index (χ2n) is 6.40. The fraction of sp³-hybridized carbons (Fsp3) is 0.556. The first-order valence-corrected chi connectivity index (χ1v) is 9.17. The minimum atomic E-state index is -0.331. The van der Waals surface area contributed by atoms with Crippen molar-refractivity contribution in [3.63, 3.8) is 0 Å². The van der Waals surface area contributed by atoms with E-state index < -0.39 is 0 Å². The van der Waals surface area contributed by atoms with Crippen molar-refractivity contribution >= 4 is 11.7 Å². The molecule has 2 aromatic rings. The van der Waals surface area contributed by atoms with Gasteiger partial charge in [0.25, 0.3) is 0 Å². The third-order valence-corrected chi connectivity index (χ3v) is 4.82. The van der Waals surface area contributed by atoms with Crippen LogP contribution in [0.4, 0.5) is 5.69 Å². The predicted molar refractivity (Wildman–Crippen MR) is 99.6 cm³/mol. The van der Waals surface area contributed by atoms with E-state index in [2.05, 4.69) is 44.4 Å². The number of esters is 1. The first kappa shape index (κ1) is 19.1. The molecule has 0 unspecified atom stereocenters. The number of benzene rings is 1. The highest BCUT2D eigenvalue weighted by Crippen LogP contribution is 2.24. The van der Waals surface area contributed by atoms with Crippen molar-refractivity contribution in [3.05, 3.63) is 30.1 Å². The molecule has 0 aliphatic carbocycles. The lowest BCUT2D eigenvalue weighted by Gasteiger charge is -2.38. The number of carbonyl (C=O) groups excluding carboxylic acids is 1. The monoisotopic (exact) mass is 374 g/mol. The fourth-order valence-corrected chi connectivity index (χ4v) is 3.28. The predicted octanol–water partition coefficient (Wildman–Crippen LogP) is 1.13. The third kappa shape index (κ3) is 4.54. The van der Waals surface area contributed by atoms with E-state index in [0.717, 1.165) is 31.9 Å². The Labute approximate surface area is 158 Å². The number of hydrogen-bond acceptors (Lipinski definition) is 8. The lowest BCUT2D eigenvalue weighted by molar-refractivity contribution is -0.144. The molecule has 9 heteroatoms. The highest BCUT2D eigenvalue weighted by molar-refractivity contribution is 5.69. The van der Waals surface area contributed by atoms with Crippen molar-refractivity contribution in [1.82, 2.24) is 25.1 Å². The fourth-order valence-electron chi connectivity index (χ4n) is 3.28. The van der Waals surface area contributed by atoms with Crippen LogP contribution < -0.4 is 9.64 Å². The molecule has 1 atom stereocenters. The highest BCUT2D eigenvalue weighted by Gasteiger charge is 2.26. The minimum absolute atomic E-state index is 0.0208. The van der Waals surface area contributed by atoms with E-state index in [1.165, 1.54) is 10.4 Å². The number of ether oxygens (including phenoxy) is 2. The summed E-state index contributed by atoms with van der Waals surface area (Å²) >= 11 is 0. The number of piperazine rings is 1. The SMILES string of the molecule is CCOC(=O)Cn1nnnc1[C@@H](C)N1CCN(c2ccc(OC)cc2)CC1. The van der Waals surface area contributed by atoms with Crippen LogP contribution in [-0.2, 0) is 16.1 Å². The minimum Gasteiger partial charge on any atom is -0.497 e. The van der Waals surface area contributed by atoms with Gasteiger partial charge in [0.1, 0.15) is 12.3 Å². The Balaban J connectivity index is 1.59. The van der Waals surface area contributed by atoms with Gasteiger partial charge in [-0.3, -0.25) is 9.69 Å². The van der Waals surface area contributed by atoms with Crippen LogP contribution in [0.3, 0.4) is 0 Å². The molecular formula is C18H26N6O3. The van der Waals surface area contributed by atoms with Crippen LogP contribution in [0.25, 0.3) is 0 Å². The van der Waals surface area contributed by atoms with Gasteiger partial charge in [-0.1, -0.05) is 0 Å². The van der Waals surface area contributed by atoms with Gasteiger partial charge >= 0.3 is 5.97 Å². The molecule has 1 aromatic carbocycles. The van der Waals surface area contributed by atoms with Crippen molar-refractivity contribution in [1.29, 1.82) is 0 Å². The summed E-state index contributed by atoms with van der Waals surface area (Å²) in [5.74, 6) is 1.21. The molecule has 27 heavy (non-hydrogen) atoms. The number of aromatic nitrogens is 4. The summed E-state index contributed by atoms with van der Waals surface area (Å²) in [5, 5.41) is 11.8. The van der Waals surface area contributed by atoms with E-state index >= 15 is 0 Å². The maximum atomic E-state index is 11.7. The molecule has 0 N–H and O–H groups in total. The zero-order valence-electron chi connectivity index (χ0n) is 16.0. The quantitative estimate of drug-likeness (QED) is 0.667. The Morgan fingerprint density at radius 2 is 1.89 bits per heavy atom. The van der Waals surface area contributed by atoms with Crippen molar-refractivity contribution in [2.75, 3.05) is 44.8 Å². The average molecular weight is 374 g/mol. The molecule has 0 bridgehead atoms. The molecule has 1 fully saturated rings. The number of tetrazole rings is 1. The van der Waals surface area contributed by atoms with Gasteiger partial charge in [-0.05, 0) is 48.5 Å². The molecule has 1 aliphatic rings. The van der Waals surface area contributed by atoms with Crippen LogP contribution in [0.5, 0.6) is 5.75 Å². The van der Waals surface area contributed by atoms with Gasteiger partial charge in [0.15, 0.2) is 5.82 Å². The summed E-state index contributed by atoms with van der Waals surface area (Å²) < 4.78 is 11.7. The number of rotatable bonds is 7. The number of hydrogen-bond donors (Lipinski definition) is 0. The van der Waals surface area contributed by atoms with Gasteiger partial charge in [0.2, 0.25) is 0 Å². The van der Waals surface area contributed by atoms with E-state index in [4.69, 9.17) is 9.47 Å². The van der Waals surface area contributed by atoms with Crippen LogP contribution in [-0.4, -0.2) is 71.0 Å². The highest BCUT2D eigenvalue weighted by atomic mass is 16.5. The molecule has 0 spiro atoms. The lowest BCUT2D eigenvalue weighted by atomic mass is 10.2. The van der Waals surface area contributed by atoms with Crippen LogP contribution in [0.1, 0.15) is 25.7 Å². The second kappa shape index (κ2) is 8.81. The molecule has 2 heterocycles. The molecule has 3 rings (SSSR count). The molecule has 0 radical (unpaired) electrons. The summed E-state index contributed by atoms with van der Waals surface area (Å²) in [6.07, 6.45) is 0. The van der Waals surface area contributed by atoms with E-state index in [-0.39, 0.29) is 18.6 Å². The molecule has 0 amide bonds. The summed E-state index contributed by atoms with van der Waals surface area (Å²) in [5.41, 5.74) is 1.19. The average Bonchev–Trinajstić information content (AvgIpc) is 3.16. The molecule has 9 nitrogen and oxygen atoms in total. The number of carbonyl (C=O) groups is 1. The largest absolute Gasteiger partial charge is 0.497 e. The van der Waals surface area contributed by atoms with Crippen molar-refractivity contribution in [2.45, 2.75) is 26.4 Å². The van der Waals surface area contributed by atoms with E-state index in [1.807, 2.05) is 12.1 Å². The van der Waals surface area contributed by atoms with Gasteiger partial charge in [-0.25, -0.2) is 4.68 Å². The Morgan fingerprint density at radius 3 is 2.52 bits per heavy atom. The van der Waals surface area contributed by atoms with Crippen LogP contribution in [0.15, 0.2) is 24.3 Å². The van der Waals surface area contributed by atoms with Gasteiger partial charge in [-0.15, -0.1) is 5.10 Å². The third-order valence-electron chi connectivity index (χ3n) is 4.82. The lowest BCUT2D eigenvalue weighted by Crippen LogP contribution is -2.47. The van der Waals surface area contributed by atoms with Crippen LogP contribution >= 0.6 is 0 Å². The topological polar surface area (TPSA) is 85.6 Å². The maximum absolute atomic E-state index is 11.7. The smallest absolute Gasteiger partial charge is 0.327 e.